The van der Waals surface area contributed by atoms with E-state index in [-0.39, 0.29) is 23.5 Å². The quantitative estimate of drug-likeness (QED) is 0.774. The summed E-state index contributed by atoms with van der Waals surface area (Å²) in [4.78, 5) is 15.0. The van der Waals surface area contributed by atoms with Crippen LogP contribution in [0, 0.1) is 13.8 Å². The number of likely N-dealkylation sites (tertiary alicyclic amines) is 1. The van der Waals surface area contributed by atoms with Crippen LogP contribution in [0.25, 0.3) is 0 Å². The maximum absolute atomic E-state index is 13.2. The molecule has 2 fully saturated rings. The van der Waals surface area contributed by atoms with Crippen molar-refractivity contribution in [2.24, 2.45) is 0 Å². The molecule has 2 aliphatic heterocycles. The molecule has 162 valence electrons. The fourth-order valence-electron chi connectivity index (χ4n) is 4.58. The van der Waals surface area contributed by atoms with E-state index < -0.39 is 15.4 Å². The van der Waals surface area contributed by atoms with Crippen LogP contribution in [0.5, 0.6) is 0 Å². The van der Waals surface area contributed by atoms with E-state index >= 15 is 0 Å². The third-order valence-electron chi connectivity index (χ3n) is 6.35. The summed E-state index contributed by atoms with van der Waals surface area (Å²) in [7, 11) is -3.04. The second kappa shape index (κ2) is 7.66. The number of aromatic nitrogens is 2. The van der Waals surface area contributed by atoms with Gasteiger partial charge in [-0.25, -0.2) is 8.42 Å². The van der Waals surface area contributed by atoms with Crippen molar-refractivity contribution in [3.63, 3.8) is 0 Å². The monoisotopic (exact) mass is 451 g/mol. The standard InChI is InChI=1S/C21H26ClN3O4S/c1-14-19(15(2)25(23-14)18-7-12-30(28,29)13-18)20(26)24-10-8-21(27,9-11-24)16-3-5-17(22)6-4-16/h3-6,18,27H,7-13H2,1-2H3/t18-/m0/s1. The average molecular weight is 452 g/mol. The Morgan fingerprint density at radius 2 is 1.83 bits per heavy atom. The van der Waals surface area contributed by atoms with Gasteiger partial charge in [0.25, 0.3) is 5.91 Å². The normalized spacial score (nSPS) is 22.9. The summed E-state index contributed by atoms with van der Waals surface area (Å²) in [5.74, 6) is 0.116. The third-order valence-corrected chi connectivity index (χ3v) is 8.35. The number of hydrogen-bond donors (Lipinski definition) is 1. The van der Waals surface area contributed by atoms with Crippen molar-refractivity contribution in [2.75, 3.05) is 24.6 Å². The highest BCUT2D eigenvalue weighted by Gasteiger charge is 2.37. The highest BCUT2D eigenvalue weighted by molar-refractivity contribution is 7.91. The van der Waals surface area contributed by atoms with Crippen LogP contribution in [0.2, 0.25) is 5.02 Å². The van der Waals surface area contributed by atoms with E-state index in [0.717, 1.165) is 5.56 Å². The summed E-state index contributed by atoms with van der Waals surface area (Å²) in [6.45, 7) is 4.47. The van der Waals surface area contributed by atoms with Crippen molar-refractivity contribution in [1.82, 2.24) is 14.7 Å². The molecule has 3 heterocycles. The lowest BCUT2D eigenvalue weighted by Gasteiger charge is -2.38. The van der Waals surface area contributed by atoms with E-state index in [1.165, 1.54) is 0 Å². The SMILES string of the molecule is Cc1nn([C@H]2CCS(=O)(=O)C2)c(C)c1C(=O)N1CCC(O)(c2ccc(Cl)cc2)CC1. The highest BCUT2D eigenvalue weighted by atomic mass is 35.5. The molecular formula is C21H26ClN3O4S. The number of amides is 1. The summed E-state index contributed by atoms with van der Waals surface area (Å²) in [5.41, 5.74) is 1.68. The van der Waals surface area contributed by atoms with Crippen LogP contribution in [0.4, 0.5) is 0 Å². The maximum Gasteiger partial charge on any atom is 0.257 e. The van der Waals surface area contributed by atoms with Gasteiger partial charge in [-0.05, 0) is 50.8 Å². The van der Waals surface area contributed by atoms with Gasteiger partial charge >= 0.3 is 0 Å². The first-order valence-electron chi connectivity index (χ1n) is 10.1. The zero-order valence-electron chi connectivity index (χ0n) is 17.1. The molecule has 1 aromatic carbocycles. The van der Waals surface area contributed by atoms with Crippen molar-refractivity contribution < 1.29 is 18.3 Å². The number of aliphatic hydroxyl groups is 1. The molecular weight excluding hydrogens is 426 g/mol. The fraction of sp³-hybridized carbons (Fsp3) is 0.524. The molecule has 0 unspecified atom stereocenters. The minimum atomic E-state index is -3.04. The van der Waals surface area contributed by atoms with Crippen LogP contribution in [0.3, 0.4) is 0 Å². The zero-order chi connectivity index (χ0) is 21.7. The maximum atomic E-state index is 13.2. The van der Waals surface area contributed by atoms with Gasteiger partial charge < -0.3 is 10.0 Å². The Hall–Kier alpha value is -1.90. The molecule has 0 saturated carbocycles. The number of benzene rings is 1. The van der Waals surface area contributed by atoms with Gasteiger partial charge in [-0.1, -0.05) is 23.7 Å². The molecule has 0 spiro atoms. The van der Waals surface area contributed by atoms with Gasteiger partial charge in [0.1, 0.15) is 0 Å². The Morgan fingerprint density at radius 3 is 2.40 bits per heavy atom. The molecule has 7 nitrogen and oxygen atoms in total. The van der Waals surface area contributed by atoms with Gasteiger partial charge in [0, 0.05) is 23.8 Å². The van der Waals surface area contributed by atoms with Crippen molar-refractivity contribution in [3.05, 3.63) is 51.8 Å². The van der Waals surface area contributed by atoms with E-state index in [1.54, 1.807) is 28.6 Å². The Labute approximate surface area is 181 Å². The number of piperidine rings is 1. The summed E-state index contributed by atoms with van der Waals surface area (Å²) < 4.78 is 25.4. The van der Waals surface area contributed by atoms with Crippen molar-refractivity contribution >= 4 is 27.3 Å². The predicted octanol–water partition coefficient (Wildman–Crippen LogP) is 2.64. The molecule has 1 amide bonds. The van der Waals surface area contributed by atoms with E-state index in [0.29, 0.717) is 54.3 Å². The minimum Gasteiger partial charge on any atom is -0.385 e. The largest absolute Gasteiger partial charge is 0.385 e. The van der Waals surface area contributed by atoms with Gasteiger partial charge in [0.2, 0.25) is 0 Å². The van der Waals surface area contributed by atoms with Crippen LogP contribution in [-0.4, -0.2) is 58.7 Å². The smallest absolute Gasteiger partial charge is 0.257 e. The lowest BCUT2D eigenvalue weighted by molar-refractivity contribution is -0.0211. The lowest BCUT2D eigenvalue weighted by atomic mass is 9.84. The number of halogens is 1. The number of carbonyl (C=O) groups is 1. The zero-order valence-corrected chi connectivity index (χ0v) is 18.7. The molecule has 2 aliphatic rings. The third kappa shape index (κ3) is 3.88. The fourth-order valence-corrected chi connectivity index (χ4v) is 6.40. The minimum absolute atomic E-state index is 0.0699. The summed E-state index contributed by atoms with van der Waals surface area (Å²) >= 11 is 5.95. The number of rotatable bonds is 3. The van der Waals surface area contributed by atoms with Crippen molar-refractivity contribution in [2.45, 2.75) is 44.8 Å². The lowest BCUT2D eigenvalue weighted by Crippen LogP contribution is -2.45. The van der Waals surface area contributed by atoms with Gasteiger partial charge in [-0.15, -0.1) is 0 Å². The van der Waals surface area contributed by atoms with E-state index in [9.17, 15) is 18.3 Å². The van der Waals surface area contributed by atoms with Gasteiger partial charge in [0.15, 0.2) is 9.84 Å². The highest BCUT2D eigenvalue weighted by Crippen LogP contribution is 2.34. The predicted molar refractivity (Wildman–Crippen MR) is 114 cm³/mol. The molecule has 2 saturated heterocycles. The first-order chi connectivity index (χ1) is 14.1. The van der Waals surface area contributed by atoms with Crippen LogP contribution < -0.4 is 0 Å². The van der Waals surface area contributed by atoms with E-state index in [1.807, 2.05) is 19.1 Å². The molecule has 30 heavy (non-hydrogen) atoms. The molecule has 1 N–H and O–H groups in total. The van der Waals surface area contributed by atoms with E-state index in [2.05, 4.69) is 5.10 Å². The Bertz CT molecular complexity index is 1070. The second-order valence-corrected chi connectivity index (χ2v) is 11.0. The number of sulfone groups is 1. The topological polar surface area (TPSA) is 92.5 Å². The molecule has 0 bridgehead atoms. The molecule has 2 aromatic rings. The van der Waals surface area contributed by atoms with Crippen LogP contribution in [0.15, 0.2) is 24.3 Å². The van der Waals surface area contributed by atoms with Crippen molar-refractivity contribution in [3.8, 4) is 0 Å². The van der Waals surface area contributed by atoms with Gasteiger partial charge in [0.05, 0.1) is 34.4 Å². The number of nitrogens with zero attached hydrogens (tertiary/aromatic N) is 3. The molecule has 4 rings (SSSR count). The first kappa shape index (κ1) is 21.3. The van der Waals surface area contributed by atoms with Gasteiger partial charge in [-0.3, -0.25) is 9.48 Å². The Balaban J connectivity index is 1.50. The van der Waals surface area contributed by atoms with Crippen LogP contribution in [0.1, 0.15) is 52.6 Å². The average Bonchev–Trinajstić information content (AvgIpc) is 3.20. The van der Waals surface area contributed by atoms with Crippen LogP contribution >= 0.6 is 11.6 Å². The number of carbonyl (C=O) groups excluding carboxylic acids is 1. The van der Waals surface area contributed by atoms with Crippen molar-refractivity contribution in [1.29, 1.82) is 0 Å². The molecule has 9 heteroatoms. The molecule has 0 radical (unpaired) electrons. The summed E-state index contributed by atoms with van der Waals surface area (Å²) in [6, 6.07) is 6.96. The first-order valence-corrected chi connectivity index (χ1v) is 12.3. The molecule has 1 aromatic heterocycles. The summed E-state index contributed by atoms with van der Waals surface area (Å²) in [6.07, 6.45) is 1.40. The second-order valence-electron chi connectivity index (χ2n) is 8.38. The Kier molecular flexibility index (Phi) is 5.45. The van der Waals surface area contributed by atoms with Crippen LogP contribution in [-0.2, 0) is 15.4 Å². The summed E-state index contributed by atoms with van der Waals surface area (Å²) in [5, 5.41) is 16.2. The van der Waals surface area contributed by atoms with E-state index in [4.69, 9.17) is 11.6 Å². The molecule has 1 atom stereocenters. The number of hydrogen-bond acceptors (Lipinski definition) is 5. The molecule has 0 aliphatic carbocycles. The number of aryl methyl sites for hydroxylation is 1. The van der Waals surface area contributed by atoms with Gasteiger partial charge in [-0.2, -0.15) is 5.10 Å². The Morgan fingerprint density at radius 1 is 1.20 bits per heavy atom.